The van der Waals surface area contributed by atoms with Gasteiger partial charge in [-0.2, -0.15) is 0 Å². The summed E-state index contributed by atoms with van der Waals surface area (Å²) in [5, 5.41) is 0. The Bertz CT molecular complexity index is 749. The van der Waals surface area contributed by atoms with Gasteiger partial charge in [0, 0.05) is 44.6 Å². The van der Waals surface area contributed by atoms with E-state index in [0.717, 1.165) is 22.5 Å². The fourth-order valence-electron chi connectivity index (χ4n) is 1.76. The maximum Gasteiger partial charge on any atom is 0.129 e. The van der Waals surface area contributed by atoms with Gasteiger partial charge in [0.15, 0.2) is 0 Å². The summed E-state index contributed by atoms with van der Waals surface area (Å²) in [5.41, 5.74) is 10.3. The summed E-state index contributed by atoms with van der Waals surface area (Å²) in [6.07, 6.45) is 3.64. The average molecular weight is 544 g/mol. The second-order valence-electron chi connectivity index (χ2n) is 7.86. The molecule has 2 rings (SSSR count). The molecule has 132 valence electrons. The number of hydrogen-bond acceptors (Lipinski definition) is 2. The largest absolute Gasteiger partial charge is 0.253 e. The smallest absolute Gasteiger partial charge is 0.129 e. The Morgan fingerprint density at radius 1 is 0.640 bits per heavy atom. The standard InChI is InChI=1S/C20H24N2Si2.Pt/c1-23(2,3)13-11-17-7-9-19(21-15-17)20-10-8-18(16-22-20)12-14-24(4,5)6;/h7-10,15-16H,1-6H3;. The molecule has 0 saturated heterocycles. The molecule has 0 aliphatic rings. The minimum Gasteiger partial charge on any atom is -0.253 e. The van der Waals surface area contributed by atoms with Crippen molar-refractivity contribution in [2.75, 3.05) is 0 Å². The normalized spacial score (nSPS) is 10.6. The molecule has 0 aliphatic carbocycles. The van der Waals surface area contributed by atoms with Gasteiger partial charge in [0.2, 0.25) is 0 Å². The van der Waals surface area contributed by atoms with Gasteiger partial charge in [-0.05, 0) is 24.3 Å². The molecule has 0 radical (unpaired) electrons. The van der Waals surface area contributed by atoms with Crippen molar-refractivity contribution < 1.29 is 21.1 Å². The molecule has 0 fully saturated rings. The van der Waals surface area contributed by atoms with E-state index in [-0.39, 0.29) is 21.1 Å². The molecule has 2 aromatic heterocycles. The molecule has 0 aliphatic heterocycles. The fourth-order valence-corrected chi connectivity index (χ4v) is 2.80. The van der Waals surface area contributed by atoms with Gasteiger partial charge in [-0.15, -0.1) is 11.1 Å². The maximum atomic E-state index is 4.49. The third kappa shape index (κ3) is 7.97. The quantitative estimate of drug-likeness (QED) is 0.388. The van der Waals surface area contributed by atoms with E-state index >= 15 is 0 Å². The van der Waals surface area contributed by atoms with E-state index in [2.05, 4.69) is 72.2 Å². The van der Waals surface area contributed by atoms with Gasteiger partial charge in [0.1, 0.15) is 16.1 Å². The summed E-state index contributed by atoms with van der Waals surface area (Å²) in [7, 11) is -2.71. The molecule has 2 aromatic rings. The van der Waals surface area contributed by atoms with E-state index in [0.29, 0.717) is 0 Å². The molecule has 0 atom stereocenters. The van der Waals surface area contributed by atoms with Gasteiger partial charge in [-0.25, -0.2) is 0 Å². The van der Waals surface area contributed by atoms with Crippen molar-refractivity contribution in [3.8, 4) is 34.3 Å². The van der Waals surface area contributed by atoms with E-state index in [1.807, 2.05) is 36.7 Å². The zero-order chi connectivity index (χ0) is 17.8. The van der Waals surface area contributed by atoms with Crippen LogP contribution in [0.4, 0.5) is 0 Å². The van der Waals surface area contributed by atoms with E-state index in [4.69, 9.17) is 0 Å². The third-order valence-electron chi connectivity index (χ3n) is 2.95. The van der Waals surface area contributed by atoms with Crippen LogP contribution in [0.3, 0.4) is 0 Å². The molecule has 0 spiro atoms. The monoisotopic (exact) mass is 543 g/mol. The summed E-state index contributed by atoms with van der Waals surface area (Å²) in [4.78, 5) is 8.97. The van der Waals surface area contributed by atoms with Gasteiger partial charge in [0.25, 0.3) is 0 Å². The molecule has 0 N–H and O–H groups in total. The van der Waals surface area contributed by atoms with Crippen molar-refractivity contribution in [3.63, 3.8) is 0 Å². The SMILES string of the molecule is C[Si](C)(C)C#Cc1ccc(-c2ccc(C#C[Si](C)(C)C)cn2)nc1.[Pt]. The second-order valence-corrected chi connectivity index (χ2v) is 17.4. The van der Waals surface area contributed by atoms with Gasteiger partial charge in [-0.1, -0.05) is 51.1 Å². The Morgan fingerprint density at radius 2 is 1.00 bits per heavy atom. The average Bonchev–Trinajstić information content (AvgIpc) is 2.51. The van der Waals surface area contributed by atoms with Gasteiger partial charge >= 0.3 is 0 Å². The Hall–Kier alpha value is -1.46. The van der Waals surface area contributed by atoms with Crippen molar-refractivity contribution >= 4 is 16.1 Å². The summed E-state index contributed by atoms with van der Waals surface area (Å²) in [5.74, 6) is 6.44. The van der Waals surface area contributed by atoms with Gasteiger partial charge < -0.3 is 0 Å². The van der Waals surface area contributed by atoms with Crippen LogP contribution in [0.25, 0.3) is 11.4 Å². The van der Waals surface area contributed by atoms with Crippen LogP contribution in [-0.4, -0.2) is 26.1 Å². The van der Waals surface area contributed by atoms with Crippen molar-refractivity contribution in [1.29, 1.82) is 0 Å². The summed E-state index contributed by atoms with van der Waals surface area (Å²) in [6, 6.07) is 7.97. The first-order valence-corrected chi connectivity index (χ1v) is 15.1. The molecule has 0 unspecified atom stereocenters. The number of hydrogen-bond donors (Lipinski definition) is 0. The molecule has 2 nitrogen and oxygen atoms in total. The Kier molecular flexibility index (Phi) is 7.57. The zero-order valence-electron chi connectivity index (χ0n) is 15.7. The van der Waals surface area contributed by atoms with E-state index in [1.54, 1.807) is 0 Å². The number of nitrogens with zero attached hydrogens (tertiary/aromatic N) is 2. The van der Waals surface area contributed by atoms with Crippen molar-refractivity contribution in [3.05, 3.63) is 47.8 Å². The molecule has 0 bridgehead atoms. The van der Waals surface area contributed by atoms with E-state index in [9.17, 15) is 0 Å². The van der Waals surface area contributed by atoms with Crippen molar-refractivity contribution in [1.82, 2.24) is 9.97 Å². The predicted molar refractivity (Wildman–Crippen MR) is 108 cm³/mol. The second kappa shape index (κ2) is 8.77. The Morgan fingerprint density at radius 3 is 1.24 bits per heavy atom. The summed E-state index contributed by atoms with van der Waals surface area (Å²) < 4.78 is 0. The first kappa shape index (κ1) is 21.6. The zero-order valence-corrected chi connectivity index (χ0v) is 19.9. The minimum atomic E-state index is -1.36. The van der Waals surface area contributed by atoms with Crippen LogP contribution in [0, 0.1) is 22.9 Å². The summed E-state index contributed by atoms with van der Waals surface area (Å²) >= 11 is 0. The van der Waals surface area contributed by atoms with Crippen molar-refractivity contribution in [2.45, 2.75) is 39.3 Å². The van der Waals surface area contributed by atoms with Crippen LogP contribution in [0.1, 0.15) is 11.1 Å². The van der Waals surface area contributed by atoms with Crippen LogP contribution in [0.2, 0.25) is 39.3 Å². The van der Waals surface area contributed by atoms with Gasteiger partial charge in [-0.3, -0.25) is 9.97 Å². The predicted octanol–water partition coefficient (Wildman–Crippen LogP) is 4.60. The van der Waals surface area contributed by atoms with Crippen molar-refractivity contribution in [2.24, 2.45) is 0 Å². The van der Waals surface area contributed by atoms with Crippen LogP contribution in [-0.2, 0) is 21.1 Å². The molecule has 0 saturated carbocycles. The topological polar surface area (TPSA) is 25.8 Å². The maximum absolute atomic E-state index is 4.49. The Balaban J connectivity index is 0.00000312. The molecule has 25 heavy (non-hydrogen) atoms. The number of aromatic nitrogens is 2. The molecular formula is C20H24N2PtSi2. The first-order valence-electron chi connectivity index (χ1n) is 8.11. The van der Waals surface area contributed by atoms with E-state index < -0.39 is 16.1 Å². The first-order chi connectivity index (χ1) is 11.1. The molecule has 0 aromatic carbocycles. The van der Waals surface area contributed by atoms with Gasteiger partial charge in [0.05, 0.1) is 11.4 Å². The van der Waals surface area contributed by atoms with Crippen LogP contribution >= 0.6 is 0 Å². The molecular weight excluding hydrogens is 519 g/mol. The van der Waals surface area contributed by atoms with Crippen LogP contribution in [0.15, 0.2) is 36.7 Å². The third-order valence-corrected chi connectivity index (χ3v) is 4.70. The Labute approximate surface area is 168 Å². The molecule has 0 amide bonds. The number of pyridine rings is 2. The van der Waals surface area contributed by atoms with Crippen LogP contribution < -0.4 is 0 Å². The van der Waals surface area contributed by atoms with Crippen LogP contribution in [0.5, 0.6) is 0 Å². The fraction of sp³-hybridized carbons (Fsp3) is 0.300. The van der Waals surface area contributed by atoms with E-state index in [1.165, 1.54) is 0 Å². The molecule has 5 heteroatoms. The number of rotatable bonds is 1. The summed E-state index contributed by atoms with van der Waals surface area (Å²) in [6.45, 7) is 13.4. The molecule has 2 heterocycles. The minimum absolute atomic E-state index is 0.